The van der Waals surface area contributed by atoms with E-state index >= 15 is 0 Å². The summed E-state index contributed by atoms with van der Waals surface area (Å²) in [5, 5.41) is 8.88. The summed E-state index contributed by atoms with van der Waals surface area (Å²) >= 11 is 1.38. The minimum atomic E-state index is 0.0811. The fraction of sp³-hybridized carbons (Fsp3) is 0.208. The number of ether oxygens (including phenoxy) is 1. The van der Waals surface area contributed by atoms with E-state index in [-0.39, 0.29) is 11.5 Å². The van der Waals surface area contributed by atoms with E-state index in [1.54, 1.807) is 13.4 Å². The highest BCUT2D eigenvalue weighted by Crippen LogP contribution is 2.25. The molecule has 6 nitrogen and oxygen atoms in total. The first-order valence-electron chi connectivity index (χ1n) is 9.98. The van der Waals surface area contributed by atoms with Gasteiger partial charge in [-0.15, -0.1) is 10.2 Å². The monoisotopic (exact) mass is 432 g/mol. The van der Waals surface area contributed by atoms with Crippen LogP contribution in [-0.2, 0) is 6.54 Å². The Morgan fingerprint density at radius 3 is 2.65 bits per heavy atom. The van der Waals surface area contributed by atoms with Crippen molar-refractivity contribution in [3.05, 3.63) is 89.5 Å². The number of methoxy groups -OCH3 is 1. The summed E-state index contributed by atoms with van der Waals surface area (Å²) in [4.78, 5) is 13.0. The lowest BCUT2D eigenvalue weighted by atomic mass is 10.2. The number of Topliss-reactive ketones (excluding diaryl/α,β-unsaturated/α-hetero) is 1. The van der Waals surface area contributed by atoms with Crippen LogP contribution in [0.2, 0.25) is 0 Å². The van der Waals surface area contributed by atoms with Crippen molar-refractivity contribution in [1.29, 1.82) is 0 Å². The molecule has 0 aliphatic carbocycles. The predicted molar refractivity (Wildman–Crippen MR) is 122 cm³/mol. The van der Waals surface area contributed by atoms with E-state index in [0.717, 1.165) is 34.9 Å². The number of benzene rings is 2. The van der Waals surface area contributed by atoms with Crippen molar-refractivity contribution in [2.75, 3.05) is 12.9 Å². The molecule has 0 fully saturated rings. The van der Waals surface area contributed by atoms with Crippen LogP contribution >= 0.6 is 11.8 Å². The molecule has 0 amide bonds. The number of ketones is 1. The molecule has 7 heteroatoms. The van der Waals surface area contributed by atoms with Crippen molar-refractivity contribution < 1.29 is 9.53 Å². The van der Waals surface area contributed by atoms with Gasteiger partial charge in [0.1, 0.15) is 12.1 Å². The molecule has 0 N–H and O–H groups in total. The van der Waals surface area contributed by atoms with Gasteiger partial charge in [0.25, 0.3) is 0 Å². The van der Waals surface area contributed by atoms with E-state index in [9.17, 15) is 4.79 Å². The lowest BCUT2D eigenvalue weighted by Gasteiger charge is -2.10. The molecule has 0 saturated carbocycles. The lowest BCUT2D eigenvalue weighted by Crippen LogP contribution is -2.08. The molecule has 4 rings (SSSR count). The lowest BCUT2D eigenvalue weighted by molar-refractivity contribution is 0.102. The third-order valence-electron chi connectivity index (χ3n) is 5.24. The quantitative estimate of drug-likeness (QED) is 0.298. The number of carbonyl (C=O) groups is 1. The van der Waals surface area contributed by atoms with Gasteiger partial charge in [-0.2, -0.15) is 0 Å². The molecule has 0 radical (unpaired) electrons. The van der Waals surface area contributed by atoms with Gasteiger partial charge < -0.3 is 9.30 Å². The summed E-state index contributed by atoms with van der Waals surface area (Å²) in [6.45, 7) is 4.80. The summed E-state index contributed by atoms with van der Waals surface area (Å²) in [7, 11) is 1.63. The molecule has 0 aliphatic heterocycles. The highest BCUT2D eigenvalue weighted by atomic mass is 32.2. The molecule has 31 heavy (non-hydrogen) atoms. The van der Waals surface area contributed by atoms with Gasteiger partial charge in [-0.1, -0.05) is 48.2 Å². The molecule has 0 unspecified atom stereocenters. The van der Waals surface area contributed by atoms with Crippen LogP contribution in [0.5, 0.6) is 5.75 Å². The van der Waals surface area contributed by atoms with Crippen LogP contribution in [0.15, 0.2) is 72.1 Å². The first-order valence-corrected chi connectivity index (χ1v) is 11.0. The normalized spacial score (nSPS) is 10.9. The molecule has 2 aromatic heterocycles. The van der Waals surface area contributed by atoms with E-state index in [1.165, 1.54) is 17.3 Å². The van der Waals surface area contributed by atoms with Gasteiger partial charge in [0.05, 0.1) is 18.6 Å². The van der Waals surface area contributed by atoms with Crippen molar-refractivity contribution in [2.45, 2.75) is 25.5 Å². The number of hydrogen-bond acceptors (Lipinski definition) is 5. The van der Waals surface area contributed by atoms with E-state index in [1.807, 2.05) is 66.9 Å². The smallest absolute Gasteiger partial charge is 0.196 e. The minimum Gasteiger partial charge on any atom is -0.497 e. The SMILES string of the molecule is COc1cccc(-n2cnnc2SCC(=O)c2cc(C)n(Cc3ccccc3)c2C)c1. The van der Waals surface area contributed by atoms with Crippen molar-refractivity contribution in [1.82, 2.24) is 19.3 Å². The van der Waals surface area contributed by atoms with E-state index in [0.29, 0.717) is 5.16 Å². The highest BCUT2D eigenvalue weighted by molar-refractivity contribution is 7.99. The number of thioether (sulfide) groups is 1. The molecule has 158 valence electrons. The van der Waals surface area contributed by atoms with Crippen molar-refractivity contribution >= 4 is 17.5 Å². The molecule has 0 saturated heterocycles. The second-order valence-corrected chi connectivity index (χ2v) is 8.20. The zero-order chi connectivity index (χ0) is 21.8. The van der Waals surface area contributed by atoms with Crippen LogP contribution in [0.1, 0.15) is 27.3 Å². The maximum Gasteiger partial charge on any atom is 0.196 e. The zero-order valence-electron chi connectivity index (χ0n) is 17.8. The minimum absolute atomic E-state index is 0.0811. The summed E-state index contributed by atoms with van der Waals surface area (Å²) in [5.41, 5.74) is 4.92. The average molecular weight is 433 g/mol. The largest absolute Gasteiger partial charge is 0.497 e. The summed E-state index contributed by atoms with van der Waals surface area (Å²) in [5.74, 6) is 1.12. The number of hydrogen-bond donors (Lipinski definition) is 0. The maximum absolute atomic E-state index is 13.0. The number of rotatable bonds is 8. The Balaban J connectivity index is 1.49. The fourth-order valence-corrected chi connectivity index (χ4v) is 4.37. The highest BCUT2D eigenvalue weighted by Gasteiger charge is 2.18. The number of aromatic nitrogens is 4. The zero-order valence-corrected chi connectivity index (χ0v) is 18.6. The van der Waals surface area contributed by atoms with Crippen LogP contribution in [0.25, 0.3) is 5.69 Å². The van der Waals surface area contributed by atoms with Crippen LogP contribution in [0, 0.1) is 13.8 Å². The maximum atomic E-state index is 13.0. The molecule has 0 bridgehead atoms. The third kappa shape index (κ3) is 4.56. The first kappa shape index (κ1) is 20.9. The topological polar surface area (TPSA) is 61.9 Å². The molecule has 0 aliphatic rings. The Hall–Kier alpha value is -3.32. The number of nitrogens with zero attached hydrogens (tertiary/aromatic N) is 4. The van der Waals surface area contributed by atoms with Gasteiger partial charge in [0, 0.05) is 29.6 Å². The predicted octanol–water partition coefficient (Wildman–Crippen LogP) is 4.72. The standard InChI is InChI=1S/C24H24N4O2S/c1-17-12-22(18(2)27(17)14-19-8-5-4-6-9-19)23(29)15-31-24-26-25-16-28(24)20-10-7-11-21(13-20)30-3/h4-13,16H,14-15H2,1-3H3. The molecular weight excluding hydrogens is 408 g/mol. The van der Waals surface area contributed by atoms with E-state index in [2.05, 4.69) is 26.9 Å². The Bertz CT molecular complexity index is 1200. The van der Waals surface area contributed by atoms with Gasteiger partial charge in [-0.05, 0) is 37.6 Å². The van der Waals surface area contributed by atoms with Crippen LogP contribution < -0.4 is 4.74 Å². The molecule has 0 atom stereocenters. The van der Waals surface area contributed by atoms with Crippen LogP contribution in [-0.4, -0.2) is 38.0 Å². The van der Waals surface area contributed by atoms with E-state index < -0.39 is 0 Å². The molecule has 2 aromatic carbocycles. The van der Waals surface area contributed by atoms with Crippen LogP contribution in [0.3, 0.4) is 0 Å². The molecular formula is C24H24N4O2S. The number of carbonyl (C=O) groups excluding carboxylic acids is 1. The van der Waals surface area contributed by atoms with E-state index in [4.69, 9.17) is 4.74 Å². The third-order valence-corrected chi connectivity index (χ3v) is 6.18. The Kier molecular flexibility index (Phi) is 6.23. The molecule has 4 aromatic rings. The summed E-state index contributed by atoms with van der Waals surface area (Å²) in [6, 6.07) is 19.9. The van der Waals surface area contributed by atoms with Gasteiger partial charge in [0.15, 0.2) is 10.9 Å². The van der Waals surface area contributed by atoms with Crippen molar-refractivity contribution in [3.63, 3.8) is 0 Å². The Morgan fingerprint density at radius 2 is 1.87 bits per heavy atom. The van der Waals surface area contributed by atoms with Crippen LogP contribution in [0.4, 0.5) is 0 Å². The Morgan fingerprint density at radius 1 is 1.06 bits per heavy atom. The molecule has 0 spiro atoms. The summed E-state index contributed by atoms with van der Waals surface area (Å²) in [6.07, 6.45) is 1.65. The van der Waals surface area contributed by atoms with Gasteiger partial charge in [0.2, 0.25) is 0 Å². The second-order valence-electron chi connectivity index (χ2n) is 7.25. The van der Waals surface area contributed by atoms with Crippen molar-refractivity contribution in [2.24, 2.45) is 0 Å². The Labute approximate surface area is 185 Å². The van der Waals surface area contributed by atoms with Crippen molar-refractivity contribution in [3.8, 4) is 11.4 Å². The average Bonchev–Trinajstić information content (AvgIpc) is 3.38. The second kappa shape index (κ2) is 9.22. The fourth-order valence-electron chi connectivity index (χ4n) is 3.56. The summed E-state index contributed by atoms with van der Waals surface area (Å²) < 4.78 is 9.35. The van der Waals surface area contributed by atoms with Gasteiger partial charge in [-0.25, -0.2) is 0 Å². The molecule has 2 heterocycles. The van der Waals surface area contributed by atoms with Gasteiger partial charge >= 0.3 is 0 Å². The first-order chi connectivity index (χ1) is 15.1. The number of aryl methyl sites for hydroxylation is 1. The van der Waals surface area contributed by atoms with Gasteiger partial charge in [-0.3, -0.25) is 9.36 Å².